The fraction of sp³-hybridized carbons (Fsp3) is 0.214. The van der Waals surface area contributed by atoms with Gasteiger partial charge >= 0.3 is 6.18 Å². The number of carbonyl (C=O) groups excluding carboxylic acids is 1. The topological polar surface area (TPSA) is 54.9 Å². The summed E-state index contributed by atoms with van der Waals surface area (Å²) in [4.78, 5) is 19.2. The number of nitrogens with zero attached hydrogens (tertiary/aromatic N) is 2. The Balaban J connectivity index is 2.02. The van der Waals surface area contributed by atoms with E-state index in [0.29, 0.717) is 10.7 Å². The second-order valence-electron chi connectivity index (χ2n) is 4.48. The number of aromatic nitrogens is 2. The maximum Gasteiger partial charge on any atom is 0.433 e. The third-order valence-electron chi connectivity index (χ3n) is 2.69. The van der Waals surface area contributed by atoms with Crippen LogP contribution in [0, 0.1) is 0 Å². The van der Waals surface area contributed by atoms with Crippen LogP contribution in [0.1, 0.15) is 12.6 Å². The number of hydrogen-bond donors (Lipinski definition) is 1. The minimum absolute atomic E-state index is 0.112. The van der Waals surface area contributed by atoms with Crippen molar-refractivity contribution in [2.75, 3.05) is 5.32 Å². The first kappa shape index (κ1) is 17.6. The Morgan fingerprint density at radius 2 is 1.91 bits per heavy atom. The maximum absolute atomic E-state index is 12.6. The van der Waals surface area contributed by atoms with Gasteiger partial charge in [0, 0.05) is 16.9 Å². The molecule has 9 heteroatoms. The molecular formula is C14H11ClF3N3OS. The molecule has 23 heavy (non-hydrogen) atoms. The number of nitrogens with one attached hydrogen (secondary N) is 1. The molecule has 0 saturated heterocycles. The zero-order valence-electron chi connectivity index (χ0n) is 11.8. The molecule has 1 amide bonds. The molecule has 0 aliphatic rings. The number of amides is 1. The van der Waals surface area contributed by atoms with Crippen molar-refractivity contribution < 1.29 is 18.0 Å². The van der Waals surface area contributed by atoms with Gasteiger partial charge in [0.15, 0.2) is 5.16 Å². The highest BCUT2D eigenvalue weighted by Crippen LogP contribution is 2.29. The molecule has 0 aliphatic carbocycles. The first-order valence-corrected chi connectivity index (χ1v) is 7.65. The molecule has 1 aromatic heterocycles. The predicted molar refractivity (Wildman–Crippen MR) is 82.4 cm³/mol. The molecule has 0 saturated carbocycles. The fourth-order valence-electron chi connectivity index (χ4n) is 1.54. The van der Waals surface area contributed by atoms with E-state index in [2.05, 4.69) is 15.3 Å². The van der Waals surface area contributed by atoms with Gasteiger partial charge in [0.1, 0.15) is 5.69 Å². The maximum atomic E-state index is 12.6. The third-order valence-corrected chi connectivity index (χ3v) is 3.91. The Kier molecular flexibility index (Phi) is 5.48. The van der Waals surface area contributed by atoms with Gasteiger partial charge in [-0.1, -0.05) is 23.4 Å². The van der Waals surface area contributed by atoms with Crippen LogP contribution in [0.25, 0.3) is 0 Å². The van der Waals surface area contributed by atoms with Crippen LogP contribution in [0.2, 0.25) is 5.02 Å². The molecule has 0 aliphatic heterocycles. The number of rotatable bonds is 4. The molecule has 1 aromatic carbocycles. The minimum Gasteiger partial charge on any atom is -0.325 e. The molecule has 2 aromatic rings. The Bertz CT molecular complexity index is 694. The molecule has 1 heterocycles. The molecule has 122 valence electrons. The van der Waals surface area contributed by atoms with Gasteiger partial charge in [-0.25, -0.2) is 9.97 Å². The van der Waals surface area contributed by atoms with Crippen LogP contribution in [0.15, 0.2) is 41.7 Å². The quantitative estimate of drug-likeness (QED) is 0.652. The largest absolute Gasteiger partial charge is 0.433 e. The lowest BCUT2D eigenvalue weighted by molar-refractivity contribution is -0.141. The van der Waals surface area contributed by atoms with Crippen molar-refractivity contribution in [3.63, 3.8) is 0 Å². The van der Waals surface area contributed by atoms with Gasteiger partial charge in [-0.05, 0) is 37.3 Å². The number of thioether (sulfide) groups is 1. The van der Waals surface area contributed by atoms with Crippen LogP contribution in [-0.2, 0) is 11.0 Å². The van der Waals surface area contributed by atoms with Gasteiger partial charge in [0.05, 0.1) is 5.25 Å². The summed E-state index contributed by atoms with van der Waals surface area (Å²) in [6, 6.07) is 7.26. The van der Waals surface area contributed by atoms with E-state index in [4.69, 9.17) is 11.6 Å². The summed E-state index contributed by atoms with van der Waals surface area (Å²) in [5, 5.41) is 2.38. The second-order valence-corrected chi connectivity index (χ2v) is 6.22. The van der Waals surface area contributed by atoms with Crippen molar-refractivity contribution in [2.24, 2.45) is 0 Å². The zero-order chi connectivity index (χ0) is 17.0. The van der Waals surface area contributed by atoms with Gasteiger partial charge in [0.2, 0.25) is 5.91 Å². The normalized spacial score (nSPS) is 12.7. The summed E-state index contributed by atoms with van der Waals surface area (Å²) >= 11 is 6.59. The minimum atomic E-state index is -4.55. The van der Waals surface area contributed by atoms with E-state index in [0.717, 1.165) is 24.0 Å². The van der Waals surface area contributed by atoms with E-state index in [1.165, 1.54) is 0 Å². The SMILES string of the molecule is CC(Sc1nccc(C(F)(F)F)n1)C(=O)Nc1ccc(Cl)cc1. The smallest absolute Gasteiger partial charge is 0.325 e. The Labute approximate surface area is 139 Å². The van der Waals surface area contributed by atoms with Crippen LogP contribution >= 0.6 is 23.4 Å². The van der Waals surface area contributed by atoms with Crippen molar-refractivity contribution in [2.45, 2.75) is 23.5 Å². The van der Waals surface area contributed by atoms with E-state index in [9.17, 15) is 18.0 Å². The molecule has 2 rings (SSSR count). The van der Waals surface area contributed by atoms with Gasteiger partial charge < -0.3 is 5.32 Å². The lowest BCUT2D eigenvalue weighted by Gasteiger charge is -2.12. The van der Waals surface area contributed by atoms with Gasteiger partial charge in [-0.15, -0.1) is 0 Å². The third kappa shape index (κ3) is 5.11. The average molecular weight is 362 g/mol. The van der Waals surface area contributed by atoms with Crippen LogP contribution in [-0.4, -0.2) is 21.1 Å². The summed E-state index contributed by atoms with van der Waals surface area (Å²) in [6.07, 6.45) is -3.53. The molecule has 0 radical (unpaired) electrons. The first-order chi connectivity index (χ1) is 10.8. The first-order valence-electron chi connectivity index (χ1n) is 6.39. The fourth-order valence-corrected chi connectivity index (χ4v) is 2.43. The van der Waals surface area contributed by atoms with Crippen LogP contribution in [0.5, 0.6) is 0 Å². The molecule has 4 nitrogen and oxygen atoms in total. The second kappa shape index (κ2) is 7.18. The van der Waals surface area contributed by atoms with Crippen molar-refractivity contribution >= 4 is 35.0 Å². The van der Waals surface area contributed by atoms with E-state index < -0.39 is 17.1 Å². The number of halogens is 4. The molecule has 1 unspecified atom stereocenters. The van der Waals surface area contributed by atoms with Crippen molar-refractivity contribution in [1.29, 1.82) is 0 Å². The van der Waals surface area contributed by atoms with E-state index in [1.807, 2.05) is 0 Å². The van der Waals surface area contributed by atoms with E-state index >= 15 is 0 Å². The molecule has 0 bridgehead atoms. The number of carbonyl (C=O) groups is 1. The number of benzene rings is 1. The summed E-state index contributed by atoms with van der Waals surface area (Å²) in [5.74, 6) is -0.377. The average Bonchev–Trinajstić information content (AvgIpc) is 2.49. The van der Waals surface area contributed by atoms with Crippen molar-refractivity contribution in [3.8, 4) is 0 Å². The van der Waals surface area contributed by atoms with Crippen LogP contribution in [0.4, 0.5) is 18.9 Å². The van der Waals surface area contributed by atoms with E-state index in [1.54, 1.807) is 31.2 Å². The Morgan fingerprint density at radius 1 is 1.26 bits per heavy atom. The molecule has 0 fully saturated rings. The Morgan fingerprint density at radius 3 is 2.52 bits per heavy atom. The molecular weight excluding hydrogens is 351 g/mol. The van der Waals surface area contributed by atoms with Gasteiger partial charge in [-0.2, -0.15) is 13.2 Å². The summed E-state index contributed by atoms with van der Waals surface area (Å²) in [5.41, 5.74) is -0.503. The van der Waals surface area contributed by atoms with Crippen LogP contribution in [0.3, 0.4) is 0 Å². The van der Waals surface area contributed by atoms with Crippen molar-refractivity contribution in [3.05, 3.63) is 47.2 Å². The lowest BCUT2D eigenvalue weighted by Crippen LogP contribution is -2.22. The monoisotopic (exact) mass is 361 g/mol. The highest BCUT2D eigenvalue weighted by molar-refractivity contribution is 8.00. The van der Waals surface area contributed by atoms with Gasteiger partial charge in [-0.3, -0.25) is 4.79 Å². The van der Waals surface area contributed by atoms with Crippen molar-refractivity contribution in [1.82, 2.24) is 9.97 Å². The number of hydrogen-bond acceptors (Lipinski definition) is 4. The molecule has 0 spiro atoms. The number of alkyl halides is 3. The standard InChI is InChI=1S/C14H11ClF3N3OS/c1-8(12(22)20-10-4-2-9(15)3-5-10)23-13-19-7-6-11(21-13)14(16,17)18/h2-8H,1H3,(H,20,22). The lowest BCUT2D eigenvalue weighted by atomic mass is 10.3. The highest BCUT2D eigenvalue weighted by atomic mass is 35.5. The highest BCUT2D eigenvalue weighted by Gasteiger charge is 2.33. The predicted octanol–water partition coefficient (Wildman–Crippen LogP) is 4.27. The van der Waals surface area contributed by atoms with Gasteiger partial charge in [0.25, 0.3) is 0 Å². The summed E-state index contributed by atoms with van der Waals surface area (Å²) in [7, 11) is 0. The summed E-state index contributed by atoms with van der Waals surface area (Å²) in [6.45, 7) is 1.56. The zero-order valence-corrected chi connectivity index (χ0v) is 13.3. The molecule has 1 N–H and O–H groups in total. The molecule has 1 atom stereocenters. The summed E-state index contributed by atoms with van der Waals surface area (Å²) < 4.78 is 37.8. The van der Waals surface area contributed by atoms with Crippen LogP contribution < -0.4 is 5.32 Å². The number of anilines is 1. The van der Waals surface area contributed by atoms with E-state index in [-0.39, 0.29) is 11.1 Å². The Hall–Kier alpha value is -1.80.